The van der Waals surface area contributed by atoms with E-state index in [1.54, 1.807) is 7.11 Å². The first-order valence-electron chi connectivity index (χ1n) is 12.1. The summed E-state index contributed by atoms with van der Waals surface area (Å²) in [5.41, 5.74) is 4.90. The number of hydrogen-bond acceptors (Lipinski definition) is 3. The van der Waals surface area contributed by atoms with E-state index in [4.69, 9.17) is 14.5 Å². The van der Waals surface area contributed by atoms with E-state index in [-0.39, 0.29) is 22.9 Å². The first kappa shape index (κ1) is 27.5. The molecular weight excluding hydrogens is 425 g/mol. The van der Waals surface area contributed by atoms with E-state index in [2.05, 4.69) is 105 Å². The van der Waals surface area contributed by atoms with Crippen LogP contribution >= 0.6 is 8.58 Å². The third-order valence-corrected chi connectivity index (χ3v) is 8.19. The van der Waals surface area contributed by atoms with Crippen LogP contribution in [0.4, 0.5) is 0 Å². The van der Waals surface area contributed by atoms with E-state index in [1.807, 2.05) is 0 Å². The maximum absolute atomic E-state index is 6.32. The van der Waals surface area contributed by atoms with Crippen LogP contribution in [0, 0.1) is 6.92 Å². The van der Waals surface area contributed by atoms with Crippen LogP contribution in [0.15, 0.2) is 41.4 Å². The van der Waals surface area contributed by atoms with Crippen molar-refractivity contribution in [2.24, 2.45) is 4.99 Å². The average Bonchev–Trinajstić information content (AvgIpc) is 2.74. The molecule has 2 aromatic carbocycles. The zero-order valence-corrected chi connectivity index (χ0v) is 23.4. The van der Waals surface area contributed by atoms with Crippen molar-refractivity contribution in [3.63, 3.8) is 0 Å². The molecule has 33 heavy (non-hydrogen) atoms. The van der Waals surface area contributed by atoms with Gasteiger partial charge in [0.05, 0.1) is 5.54 Å². The summed E-state index contributed by atoms with van der Waals surface area (Å²) in [6.07, 6.45) is 4.11. The lowest BCUT2D eigenvalue weighted by Gasteiger charge is -2.37. The molecule has 0 N–H and O–H groups in total. The van der Waals surface area contributed by atoms with Crippen molar-refractivity contribution in [1.29, 1.82) is 0 Å². The van der Waals surface area contributed by atoms with Crippen LogP contribution in [0.3, 0.4) is 0 Å². The molecule has 1 unspecified atom stereocenters. The third kappa shape index (κ3) is 7.14. The van der Waals surface area contributed by atoms with Crippen LogP contribution in [-0.2, 0) is 15.3 Å². The topological polar surface area (TPSA) is 30.8 Å². The Balaban J connectivity index is 2.70. The Kier molecular flexibility index (Phi) is 9.31. The summed E-state index contributed by atoms with van der Waals surface area (Å²) in [6.45, 7) is 20.2. The standard InChI is InChI=1S/C29H44NO2P/c1-11-29(12-2,33-25-16-14-13-15-22(25)19-30-28(7,8)9)24-18-21(3)17-23(27(4,5)6)26(24)32-20-31-10/h13-19,33H,11-12,20H2,1-10H3/b30-19+. The first-order chi connectivity index (χ1) is 15.4. The molecule has 0 aromatic heterocycles. The largest absolute Gasteiger partial charge is 0.467 e. The zero-order valence-electron chi connectivity index (χ0n) is 22.4. The molecule has 0 saturated carbocycles. The van der Waals surface area contributed by atoms with Gasteiger partial charge in [-0.3, -0.25) is 4.99 Å². The van der Waals surface area contributed by atoms with E-state index >= 15 is 0 Å². The predicted octanol–water partition coefficient (Wildman–Crippen LogP) is 7.51. The normalized spacial score (nSPS) is 13.4. The van der Waals surface area contributed by atoms with Crippen LogP contribution < -0.4 is 10.0 Å². The highest BCUT2D eigenvalue weighted by Gasteiger charge is 2.35. The minimum Gasteiger partial charge on any atom is -0.467 e. The fraction of sp³-hybridized carbons (Fsp3) is 0.552. The second-order valence-electron chi connectivity index (χ2n) is 10.9. The summed E-state index contributed by atoms with van der Waals surface area (Å²) >= 11 is 0. The van der Waals surface area contributed by atoms with Crippen molar-refractivity contribution >= 4 is 20.1 Å². The Labute approximate surface area is 204 Å². The van der Waals surface area contributed by atoms with Crippen LogP contribution in [0.25, 0.3) is 0 Å². The molecule has 0 saturated heterocycles. The second-order valence-corrected chi connectivity index (χ2v) is 12.7. The third-order valence-electron chi connectivity index (χ3n) is 6.01. The molecule has 2 rings (SSSR count). The molecule has 0 aliphatic heterocycles. The molecule has 0 aliphatic carbocycles. The molecule has 4 heteroatoms. The van der Waals surface area contributed by atoms with Gasteiger partial charge in [-0.25, -0.2) is 0 Å². The smallest absolute Gasteiger partial charge is 0.188 e. The van der Waals surface area contributed by atoms with Gasteiger partial charge in [0.15, 0.2) is 6.79 Å². The van der Waals surface area contributed by atoms with Gasteiger partial charge in [0.2, 0.25) is 0 Å². The predicted molar refractivity (Wildman–Crippen MR) is 146 cm³/mol. The van der Waals surface area contributed by atoms with E-state index in [1.165, 1.54) is 27.6 Å². The molecule has 2 aromatic rings. The van der Waals surface area contributed by atoms with Gasteiger partial charge in [0, 0.05) is 29.6 Å². The Morgan fingerprint density at radius 1 is 0.939 bits per heavy atom. The van der Waals surface area contributed by atoms with Crippen molar-refractivity contribution in [3.8, 4) is 5.75 Å². The fourth-order valence-corrected chi connectivity index (χ4v) is 5.74. The van der Waals surface area contributed by atoms with Crippen molar-refractivity contribution in [3.05, 3.63) is 58.7 Å². The van der Waals surface area contributed by atoms with Gasteiger partial charge >= 0.3 is 0 Å². The average molecular weight is 470 g/mol. The SMILES string of the molecule is CCC(CC)(Pc1ccccc1/C=N/C(C)(C)C)c1cc(C)cc(C(C)(C)C)c1OCOC. The summed E-state index contributed by atoms with van der Waals surface area (Å²) in [5, 5.41) is 1.33. The molecule has 182 valence electrons. The van der Waals surface area contributed by atoms with E-state index in [0.29, 0.717) is 8.58 Å². The molecule has 3 nitrogen and oxygen atoms in total. The summed E-state index contributed by atoms with van der Waals surface area (Å²) in [7, 11) is 2.29. The van der Waals surface area contributed by atoms with Crippen LogP contribution in [0.5, 0.6) is 5.75 Å². The molecule has 0 amide bonds. The van der Waals surface area contributed by atoms with Gasteiger partial charge in [-0.15, -0.1) is 0 Å². The Bertz CT molecular complexity index is 947. The zero-order chi connectivity index (χ0) is 24.9. The maximum Gasteiger partial charge on any atom is 0.188 e. The number of rotatable bonds is 9. The second kappa shape index (κ2) is 11.2. The molecule has 0 bridgehead atoms. The highest BCUT2D eigenvalue weighted by Crippen LogP contribution is 2.52. The summed E-state index contributed by atoms with van der Waals surface area (Å²) in [4.78, 5) is 4.80. The lowest BCUT2D eigenvalue weighted by atomic mass is 9.80. The monoisotopic (exact) mass is 469 g/mol. The number of hydrogen-bond donors (Lipinski definition) is 0. The fourth-order valence-electron chi connectivity index (χ4n) is 4.08. The van der Waals surface area contributed by atoms with Gasteiger partial charge in [0.1, 0.15) is 5.75 Å². The molecule has 0 aliphatic rings. The summed E-state index contributed by atoms with van der Waals surface area (Å²) in [6, 6.07) is 13.3. The molecule has 0 fully saturated rings. The minimum absolute atomic E-state index is 0.0270. The lowest BCUT2D eigenvalue weighted by molar-refractivity contribution is 0.0485. The van der Waals surface area contributed by atoms with Gasteiger partial charge in [-0.1, -0.05) is 85.2 Å². The molecule has 0 spiro atoms. The molecule has 1 atom stereocenters. The van der Waals surface area contributed by atoms with Crippen LogP contribution in [0.1, 0.15) is 90.5 Å². The number of benzene rings is 2. The Morgan fingerprint density at radius 3 is 2.09 bits per heavy atom. The van der Waals surface area contributed by atoms with E-state index in [9.17, 15) is 0 Å². The lowest BCUT2D eigenvalue weighted by Crippen LogP contribution is -2.26. The highest BCUT2D eigenvalue weighted by molar-refractivity contribution is 7.48. The van der Waals surface area contributed by atoms with Gasteiger partial charge in [0.25, 0.3) is 0 Å². The Morgan fingerprint density at radius 2 is 1.55 bits per heavy atom. The number of nitrogens with zero attached hydrogens (tertiary/aromatic N) is 1. The summed E-state index contributed by atoms with van der Waals surface area (Å²) in [5.74, 6) is 0.993. The molecule has 0 heterocycles. The van der Waals surface area contributed by atoms with E-state index in [0.717, 1.165) is 18.6 Å². The van der Waals surface area contributed by atoms with E-state index < -0.39 is 0 Å². The minimum atomic E-state index is -0.0951. The van der Waals surface area contributed by atoms with Gasteiger partial charge in [-0.05, 0) is 56.8 Å². The van der Waals surface area contributed by atoms with Gasteiger partial charge in [-0.2, -0.15) is 0 Å². The number of methoxy groups -OCH3 is 1. The highest BCUT2D eigenvalue weighted by atomic mass is 31.1. The summed E-state index contributed by atoms with van der Waals surface area (Å²) < 4.78 is 11.7. The van der Waals surface area contributed by atoms with Crippen molar-refractivity contribution in [2.45, 2.75) is 91.3 Å². The van der Waals surface area contributed by atoms with Crippen molar-refractivity contribution in [1.82, 2.24) is 0 Å². The van der Waals surface area contributed by atoms with Crippen molar-refractivity contribution < 1.29 is 9.47 Å². The quantitative estimate of drug-likeness (QED) is 0.216. The van der Waals surface area contributed by atoms with Crippen molar-refractivity contribution in [2.75, 3.05) is 13.9 Å². The van der Waals surface area contributed by atoms with Gasteiger partial charge < -0.3 is 9.47 Å². The number of aryl methyl sites for hydroxylation is 1. The Hall–Kier alpha value is -1.70. The number of ether oxygens (including phenoxy) is 2. The first-order valence-corrected chi connectivity index (χ1v) is 13.1. The molecular formula is C29H44NO2P. The van der Waals surface area contributed by atoms with Crippen LogP contribution in [-0.4, -0.2) is 25.7 Å². The van der Waals surface area contributed by atoms with Crippen LogP contribution in [0.2, 0.25) is 0 Å². The molecule has 0 radical (unpaired) electrons. The maximum atomic E-state index is 6.32. The number of aliphatic imine (C=N–C) groups is 1.